The molecule has 0 saturated heterocycles. The molecular formula is C8H10ClN3S. The molecule has 1 heterocycles. The van der Waals surface area contributed by atoms with E-state index in [1.54, 1.807) is 6.08 Å². The fourth-order valence-electron chi connectivity index (χ4n) is 0.770. The molecule has 0 aromatic carbocycles. The van der Waals surface area contributed by atoms with Gasteiger partial charge in [-0.3, -0.25) is 0 Å². The van der Waals surface area contributed by atoms with Crippen LogP contribution in [0.1, 0.15) is 13.8 Å². The van der Waals surface area contributed by atoms with Crippen molar-refractivity contribution in [2.45, 2.75) is 13.8 Å². The average molecular weight is 216 g/mol. The second-order valence-electron chi connectivity index (χ2n) is 2.25. The first-order chi connectivity index (χ1) is 6.17. The summed E-state index contributed by atoms with van der Waals surface area (Å²) in [5, 5.41) is 1.71. The molecule has 13 heavy (non-hydrogen) atoms. The number of hydrogen-bond donors (Lipinski definition) is 1. The van der Waals surface area contributed by atoms with Gasteiger partial charge in [-0.1, -0.05) is 23.8 Å². The third-order valence-electron chi connectivity index (χ3n) is 1.37. The highest BCUT2D eigenvalue weighted by atomic mass is 35.5. The van der Waals surface area contributed by atoms with E-state index < -0.39 is 0 Å². The molecule has 1 aliphatic rings. The molecule has 70 valence electrons. The normalized spacial score (nSPS) is 24.2. The van der Waals surface area contributed by atoms with Crippen LogP contribution >= 0.6 is 23.4 Å². The second kappa shape index (κ2) is 4.48. The van der Waals surface area contributed by atoms with E-state index in [0.717, 1.165) is 10.7 Å². The highest BCUT2D eigenvalue weighted by Gasteiger charge is 2.16. The number of thioether (sulfide) groups is 1. The summed E-state index contributed by atoms with van der Waals surface area (Å²) in [7, 11) is 0. The number of nitrogens with two attached hydrogens (primary N) is 1. The predicted molar refractivity (Wildman–Crippen MR) is 60.0 cm³/mol. The molecule has 1 rings (SSSR count). The van der Waals surface area contributed by atoms with E-state index in [-0.39, 0.29) is 0 Å². The molecule has 1 aliphatic heterocycles. The van der Waals surface area contributed by atoms with Crippen molar-refractivity contribution in [2.24, 2.45) is 15.7 Å². The minimum Gasteiger partial charge on any atom is -0.378 e. The highest BCUT2D eigenvalue weighted by Crippen LogP contribution is 2.24. The fourth-order valence-corrected chi connectivity index (χ4v) is 1.66. The van der Waals surface area contributed by atoms with E-state index in [2.05, 4.69) is 9.98 Å². The van der Waals surface area contributed by atoms with Crippen LogP contribution in [0.25, 0.3) is 0 Å². The molecule has 0 radical (unpaired) electrons. The monoisotopic (exact) mass is 215 g/mol. The van der Waals surface area contributed by atoms with Gasteiger partial charge in [-0.05, 0) is 25.6 Å². The van der Waals surface area contributed by atoms with Crippen LogP contribution in [0.5, 0.6) is 0 Å². The number of hydrogen-bond acceptors (Lipinski definition) is 4. The van der Waals surface area contributed by atoms with Crippen LogP contribution < -0.4 is 5.73 Å². The Kier molecular flexibility index (Phi) is 3.57. The van der Waals surface area contributed by atoms with Crippen molar-refractivity contribution in [2.75, 3.05) is 0 Å². The molecule has 0 bridgehead atoms. The van der Waals surface area contributed by atoms with E-state index in [4.69, 9.17) is 17.3 Å². The molecule has 0 amide bonds. The Morgan fingerprint density at radius 3 is 2.85 bits per heavy atom. The van der Waals surface area contributed by atoms with Crippen LogP contribution in [0.4, 0.5) is 0 Å². The lowest BCUT2D eigenvalue weighted by atomic mass is 10.4. The van der Waals surface area contributed by atoms with Crippen molar-refractivity contribution >= 4 is 33.6 Å². The number of allylic oxidation sites excluding steroid dienone is 2. The summed E-state index contributed by atoms with van der Waals surface area (Å²) in [5.41, 5.74) is 6.32. The molecule has 0 atom stereocenters. The largest absolute Gasteiger partial charge is 0.378 e. The maximum Gasteiger partial charge on any atom is 0.165 e. The quantitative estimate of drug-likeness (QED) is 0.684. The average Bonchev–Trinajstić information content (AvgIpc) is 2.46. The Labute approximate surface area is 86.5 Å². The summed E-state index contributed by atoms with van der Waals surface area (Å²) in [5.74, 6) is 0. The zero-order valence-corrected chi connectivity index (χ0v) is 8.99. The first-order valence-electron chi connectivity index (χ1n) is 3.76. The van der Waals surface area contributed by atoms with Gasteiger partial charge in [0.15, 0.2) is 5.17 Å². The van der Waals surface area contributed by atoms with Crippen LogP contribution in [0.15, 0.2) is 33.0 Å². The molecule has 5 heteroatoms. The van der Waals surface area contributed by atoms with Crippen molar-refractivity contribution in [3.05, 3.63) is 23.0 Å². The summed E-state index contributed by atoms with van der Waals surface area (Å²) in [6, 6.07) is 0. The van der Waals surface area contributed by atoms with Crippen molar-refractivity contribution in [1.82, 2.24) is 0 Å². The van der Waals surface area contributed by atoms with E-state index in [1.165, 1.54) is 11.8 Å². The van der Waals surface area contributed by atoms with Gasteiger partial charge in [0.05, 0.1) is 5.70 Å². The summed E-state index contributed by atoms with van der Waals surface area (Å²) < 4.78 is 0. The van der Waals surface area contributed by atoms with Gasteiger partial charge in [-0.25, -0.2) is 9.98 Å². The predicted octanol–water partition coefficient (Wildman–Crippen LogP) is 2.45. The Balaban J connectivity index is 2.92. The van der Waals surface area contributed by atoms with E-state index in [0.29, 0.717) is 10.3 Å². The SMILES string of the molecule is C\C=C(Cl)/N=C1/SC(N)=N/C1=C/C. The minimum absolute atomic E-state index is 0.451. The number of nitrogens with zero attached hydrogens (tertiary/aromatic N) is 2. The summed E-state index contributed by atoms with van der Waals surface area (Å²) in [4.78, 5) is 8.22. The molecule has 2 N–H and O–H groups in total. The van der Waals surface area contributed by atoms with Gasteiger partial charge in [-0.15, -0.1) is 0 Å². The number of rotatable bonds is 1. The summed E-state index contributed by atoms with van der Waals surface area (Å²) in [6.07, 6.45) is 3.57. The van der Waals surface area contributed by atoms with Crippen molar-refractivity contribution in [1.29, 1.82) is 0 Å². The molecule has 0 unspecified atom stereocenters. The Morgan fingerprint density at radius 1 is 1.62 bits per heavy atom. The number of halogens is 1. The van der Waals surface area contributed by atoms with Gasteiger partial charge in [0, 0.05) is 0 Å². The Bertz CT molecular complexity index is 328. The van der Waals surface area contributed by atoms with Gasteiger partial charge in [0.2, 0.25) is 0 Å². The van der Waals surface area contributed by atoms with Gasteiger partial charge in [0.25, 0.3) is 0 Å². The maximum absolute atomic E-state index is 5.76. The minimum atomic E-state index is 0.451. The molecule has 0 saturated carbocycles. The van der Waals surface area contributed by atoms with Gasteiger partial charge >= 0.3 is 0 Å². The highest BCUT2D eigenvalue weighted by molar-refractivity contribution is 8.27. The Hall–Kier alpha value is -0.740. The smallest absolute Gasteiger partial charge is 0.165 e. The third-order valence-corrected chi connectivity index (χ3v) is 2.47. The van der Waals surface area contributed by atoms with E-state index in [1.807, 2.05) is 19.9 Å². The zero-order valence-electron chi connectivity index (χ0n) is 7.41. The number of amidine groups is 1. The first kappa shape index (κ1) is 10.3. The van der Waals surface area contributed by atoms with Crippen LogP contribution in [0.3, 0.4) is 0 Å². The fraction of sp³-hybridized carbons (Fsp3) is 0.250. The molecule has 0 aliphatic carbocycles. The van der Waals surface area contributed by atoms with Crippen LogP contribution in [-0.4, -0.2) is 10.2 Å². The topological polar surface area (TPSA) is 50.7 Å². The molecule has 0 aromatic heterocycles. The van der Waals surface area contributed by atoms with E-state index in [9.17, 15) is 0 Å². The summed E-state index contributed by atoms with van der Waals surface area (Å²) in [6.45, 7) is 3.71. The van der Waals surface area contributed by atoms with E-state index >= 15 is 0 Å². The lowest BCUT2D eigenvalue weighted by Crippen LogP contribution is -2.02. The standard InChI is InChI=1S/C8H10ClN3S/c1-3-5-7(12-6(9)4-2)13-8(10)11-5/h3-4H,1-2H3,(H2,10,11)/b5-3+,6-4-,12-7+. The zero-order chi connectivity index (χ0) is 9.84. The first-order valence-corrected chi connectivity index (χ1v) is 4.96. The maximum atomic E-state index is 5.76. The van der Waals surface area contributed by atoms with Gasteiger partial charge < -0.3 is 5.73 Å². The second-order valence-corrected chi connectivity index (χ2v) is 3.65. The molecular weight excluding hydrogens is 206 g/mol. The molecule has 0 spiro atoms. The lowest BCUT2D eigenvalue weighted by molar-refractivity contribution is 1.41. The van der Waals surface area contributed by atoms with Gasteiger partial charge in [0.1, 0.15) is 10.2 Å². The van der Waals surface area contributed by atoms with Crippen molar-refractivity contribution in [3.63, 3.8) is 0 Å². The van der Waals surface area contributed by atoms with Gasteiger partial charge in [-0.2, -0.15) is 0 Å². The third kappa shape index (κ3) is 2.60. The molecule has 3 nitrogen and oxygen atoms in total. The Morgan fingerprint density at radius 2 is 2.31 bits per heavy atom. The van der Waals surface area contributed by atoms with Crippen molar-refractivity contribution < 1.29 is 0 Å². The van der Waals surface area contributed by atoms with Crippen LogP contribution in [0, 0.1) is 0 Å². The summed E-state index contributed by atoms with van der Waals surface area (Å²) >= 11 is 7.08. The number of aliphatic imine (C=N–C) groups is 2. The molecule has 0 fully saturated rings. The van der Waals surface area contributed by atoms with Crippen LogP contribution in [0.2, 0.25) is 0 Å². The van der Waals surface area contributed by atoms with Crippen LogP contribution in [-0.2, 0) is 0 Å². The molecule has 0 aromatic rings. The lowest BCUT2D eigenvalue weighted by Gasteiger charge is -1.94. The van der Waals surface area contributed by atoms with Crippen molar-refractivity contribution in [3.8, 4) is 0 Å².